The number of amides is 1. The fraction of sp³-hybridized carbons (Fsp3) is 0.636. The lowest BCUT2D eigenvalue weighted by Crippen LogP contribution is -2.38. The quantitative estimate of drug-likeness (QED) is 0.781. The topological polar surface area (TPSA) is 59.0 Å². The van der Waals surface area contributed by atoms with Gasteiger partial charge in [0.05, 0.1) is 11.9 Å². The Labute approximate surface area is 95.2 Å². The Hall–Kier alpha value is -1.52. The Balaban J connectivity index is 1.84. The highest BCUT2D eigenvalue weighted by Gasteiger charge is 2.25. The van der Waals surface area contributed by atoms with Gasteiger partial charge in [-0.3, -0.25) is 9.48 Å². The van der Waals surface area contributed by atoms with Crippen molar-refractivity contribution in [3.05, 3.63) is 12.4 Å². The third kappa shape index (κ3) is 2.74. The minimum absolute atomic E-state index is 0.0618. The summed E-state index contributed by atoms with van der Waals surface area (Å²) in [5.41, 5.74) is 0.889. The van der Waals surface area contributed by atoms with Crippen LogP contribution in [0.2, 0.25) is 0 Å². The molecule has 2 rings (SSSR count). The van der Waals surface area contributed by atoms with Crippen molar-refractivity contribution in [3.8, 4) is 0 Å². The molecule has 1 aromatic heterocycles. The summed E-state index contributed by atoms with van der Waals surface area (Å²) in [6.45, 7) is 4.73. The summed E-state index contributed by atoms with van der Waals surface area (Å²) in [5.74, 6) is 0.0618. The zero-order valence-electron chi connectivity index (χ0n) is 9.73. The third-order valence-corrected chi connectivity index (χ3v) is 2.66. The largest absolute Gasteiger partial charge is 0.371 e. The van der Waals surface area contributed by atoms with E-state index in [1.54, 1.807) is 6.20 Å². The summed E-state index contributed by atoms with van der Waals surface area (Å²) in [4.78, 5) is 11.7. The Morgan fingerprint density at radius 3 is 3.00 bits per heavy atom. The number of hydrogen-bond donors (Lipinski definition) is 2. The van der Waals surface area contributed by atoms with Gasteiger partial charge in [0.1, 0.15) is 6.04 Å². The molecule has 5 heteroatoms. The molecule has 1 saturated carbocycles. The number of anilines is 1. The van der Waals surface area contributed by atoms with Crippen LogP contribution in [0.15, 0.2) is 12.4 Å². The first kappa shape index (κ1) is 11.0. The molecular formula is C11H18N4O. The summed E-state index contributed by atoms with van der Waals surface area (Å²) in [6, 6.07) is 0.199. The maximum absolute atomic E-state index is 11.7. The SMILES string of the molecule is CCn1cc(N[C@@H](C)C(=O)NC2CC2)cn1. The smallest absolute Gasteiger partial charge is 0.242 e. The lowest BCUT2D eigenvalue weighted by molar-refractivity contribution is -0.121. The van der Waals surface area contributed by atoms with Gasteiger partial charge in [-0.15, -0.1) is 0 Å². The Morgan fingerprint density at radius 2 is 2.44 bits per heavy atom. The van der Waals surface area contributed by atoms with Crippen LogP contribution < -0.4 is 10.6 Å². The van der Waals surface area contributed by atoms with Crippen LogP contribution >= 0.6 is 0 Å². The molecule has 1 atom stereocenters. The van der Waals surface area contributed by atoms with Gasteiger partial charge in [0.15, 0.2) is 0 Å². The molecule has 0 aliphatic heterocycles. The van der Waals surface area contributed by atoms with Gasteiger partial charge in [0.25, 0.3) is 0 Å². The average molecular weight is 222 g/mol. The van der Waals surface area contributed by atoms with Crippen molar-refractivity contribution < 1.29 is 4.79 Å². The van der Waals surface area contributed by atoms with E-state index in [9.17, 15) is 4.79 Å². The van der Waals surface area contributed by atoms with Crippen LogP contribution in [0.25, 0.3) is 0 Å². The molecule has 1 aromatic rings. The summed E-state index contributed by atoms with van der Waals surface area (Å²) in [7, 11) is 0. The van der Waals surface area contributed by atoms with Crippen LogP contribution in [0.3, 0.4) is 0 Å². The molecule has 1 aliphatic rings. The normalized spacial score (nSPS) is 16.9. The molecular weight excluding hydrogens is 204 g/mol. The van der Waals surface area contributed by atoms with E-state index in [4.69, 9.17) is 0 Å². The lowest BCUT2D eigenvalue weighted by Gasteiger charge is -2.13. The van der Waals surface area contributed by atoms with Crippen molar-refractivity contribution in [3.63, 3.8) is 0 Å². The second-order valence-corrected chi connectivity index (χ2v) is 4.23. The summed E-state index contributed by atoms with van der Waals surface area (Å²) < 4.78 is 1.83. The maximum Gasteiger partial charge on any atom is 0.242 e. The third-order valence-electron chi connectivity index (χ3n) is 2.66. The number of aromatic nitrogens is 2. The van der Waals surface area contributed by atoms with Crippen molar-refractivity contribution in [2.24, 2.45) is 0 Å². The van der Waals surface area contributed by atoms with E-state index in [-0.39, 0.29) is 11.9 Å². The number of aryl methyl sites for hydroxylation is 1. The minimum Gasteiger partial charge on any atom is -0.371 e. The van der Waals surface area contributed by atoms with Crippen molar-refractivity contribution >= 4 is 11.6 Å². The van der Waals surface area contributed by atoms with E-state index in [0.717, 1.165) is 25.1 Å². The van der Waals surface area contributed by atoms with E-state index in [1.165, 1.54) is 0 Å². The first-order chi connectivity index (χ1) is 7.69. The molecule has 1 heterocycles. The second-order valence-electron chi connectivity index (χ2n) is 4.23. The number of carbonyl (C=O) groups excluding carboxylic acids is 1. The summed E-state index contributed by atoms with van der Waals surface area (Å²) >= 11 is 0. The zero-order valence-corrected chi connectivity index (χ0v) is 9.73. The molecule has 0 radical (unpaired) electrons. The molecule has 2 N–H and O–H groups in total. The molecule has 0 spiro atoms. The standard InChI is InChI=1S/C11H18N4O/c1-3-15-7-10(6-12-15)13-8(2)11(16)14-9-4-5-9/h6-9,13H,3-5H2,1-2H3,(H,14,16)/t8-/m0/s1. The molecule has 88 valence electrons. The van der Waals surface area contributed by atoms with Gasteiger partial charge in [0, 0.05) is 18.8 Å². The minimum atomic E-state index is -0.213. The fourth-order valence-electron chi connectivity index (χ4n) is 1.48. The monoisotopic (exact) mass is 222 g/mol. The maximum atomic E-state index is 11.7. The van der Waals surface area contributed by atoms with Crippen LogP contribution in [0.5, 0.6) is 0 Å². The number of nitrogens with one attached hydrogen (secondary N) is 2. The molecule has 0 bridgehead atoms. The van der Waals surface area contributed by atoms with Crippen LogP contribution in [-0.2, 0) is 11.3 Å². The highest BCUT2D eigenvalue weighted by Crippen LogP contribution is 2.18. The Morgan fingerprint density at radius 1 is 1.69 bits per heavy atom. The highest BCUT2D eigenvalue weighted by molar-refractivity contribution is 5.84. The van der Waals surface area contributed by atoms with E-state index < -0.39 is 0 Å². The predicted octanol–water partition coefficient (Wildman–Crippen LogP) is 0.982. The fourth-order valence-corrected chi connectivity index (χ4v) is 1.48. The predicted molar refractivity (Wildman–Crippen MR) is 62.2 cm³/mol. The first-order valence-electron chi connectivity index (χ1n) is 5.78. The summed E-state index contributed by atoms with van der Waals surface area (Å²) in [5, 5.41) is 10.2. The van der Waals surface area contributed by atoms with Gasteiger partial charge in [-0.05, 0) is 26.7 Å². The first-order valence-corrected chi connectivity index (χ1v) is 5.78. The molecule has 5 nitrogen and oxygen atoms in total. The molecule has 0 unspecified atom stereocenters. The summed E-state index contributed by atoms with van der Waals surface area (Å²) in [6.07, 6.45) is 5.88. The van der Waals surface area contributed by atoms with E-state index in [0.29, 0.717) is 6.04 Å². The Kier molecular flexibility index (Phi) is 3.12. The average Bonchev–Trinajstić information content (AvgIpc) is 2.96. The lowest BCUT2D eigenvalue weighted by atomic mass is 10.3. The van der Waals surface area contributed by atoms with E-state index in [1.807, 2.05) is 24.7 Å². The zero-order chi connectivity index (χ0) is 11.5. The van der Waals surface area contributed by atoms with Crippen LogP contribution in [0.4, 0.5) is 5.69 Å². The van der Waals surface area contributed by atoms with Gasteiger partial charge in [0.2, 0.25) is 5.91 Å². The molecule has 1 amide bonds. The number of hydrogen-bond acceptors (Lipinski definition) is 3. The van der Waals surface area contributed by atoms with Gasteiger partial charge >= 0.3 is 0 Å². The van der Waals surface area contributed by atoms with Crippen LogP contribution in [0, 0.1) is 0 Å². The number of carbonyl (C=O) groups is 1. The van der Waals surface area contributed by atoms with Crippen molar-refractivity contribution in [2.45, 2.75) is 45.3 Å². The Bertz CT molecular complexity index is 370. The highest BCUT2D eigenvalue weighted by atomic mass is 16.2. The van der Waals surface area contributed by atoms with Crippen molar-refractivity contribution in [2.75, 3.05) is 5.32 Å². The molecule has 16 heavy (non-hydrogen) atoms. The molecule has 1 fully saturated rings. The van der Waals surface area contributed by atoms with Gasteiger partial charge in [-0.25, -0.2) is 0 Å². The molecule has 1 aliphatic carbocycles. The molecule has 0 saturated heterocycles. The second kappa shape index (κ2) is 4.55. The van der Waals surface area contributed by atoms with Crippen LogP contribution in [-0.4, -0.2) is 27.8 Å². The number of rotatable bonds is 5. The molecule has 0 aromatic carbocycles. The van der Waals surface area contributed by atoms with Crippen molar-refractivity contribution in [1.82, 2.24) is 15.1 Å². The van der Waals surface area contributed by atoms with Gasteiger partial charge in [-0.2, -0.15) is 5.10 Å². The van der Waals surface area contributed by atoms with Gasteiger partial charge < -0.3 is 10.6 Å². The van der Waals surface area contributed by atoms with Crippen LogP contribution in [0.1, 0.15) is 26.7 Å². The van der Waals surface area contributed by atoms with Crippen molar-refractivity contribution in [1.29, 1.82) is 0 Å². The van der Waals surface area contributed by atoms with E-state index in [2.05, 4.69) is 15.7 Å². The number of nitrogens with zero attached hydrogens (tertiary/aromatic N) is 2. The van der Waals surface area contributed by atoms with E-state index >= 15 is 0 Å². The van der Waals surface area contributed by atoms with Gasteiger partial charge in [-0.1, -0.05) is 0 Å².